The summed E-state index contributed by atoms with van der Waals surface area (Å²) in [5.74, 6) is -0.390. The van der Waals surface area contributed by atoms with Crippen LogP contribution in [0.1, 0.15) is 5.56 Å². The highest BCUT2D eigenvalue weighted by Gasteiger charge is 1.95. The van der Waals surface area contributed by atoms with Crippen molar-refractivity contribution in [2.75, 3.05) is 0 Å². The summed E-state index contributed by atoms with van der Waals surface area (Å²) >= 11 is 2.53. The molecule has 1 aromatic carbocycles. The monoisotopic (exact) mass is 212 g/mol. The van der Waals surface area contributed by atoms with E-state index >= 15 is 0 Å². The predicted octanol–water partition coefficient (Wildman–Crippen LogP) is 2.31. The Morgan fingerprint density at radius 3 is 2.50 bits per heavy atom. The molecule has 0 saturated carbocycles. The topological polar surface area (TPSA) is 46.5 Å². The van der Waals surface area contributed by atoms with Crippen LogP contribution in [0.4, 0.5) is 0 Å². The van der Waals surface area contributed by atoms with Gasteiger partial charge in [-0.2, -0.15) is 0 Å². The normalized spacial score (nSPS) is 8.14. The van der Waals surface area contributed by atoms with Gasteiger partial charge in [-0.15, -0.1) is 0 Å². The van der Waals surface area contributed by atoms with E-state index in [1.807, 2.05) is 30.3 Å². The molecular formula is C10H12O3S. The summed E-state index contributed by atoms with van der Waals surface area (Å²) in [6.45, 7) is 3.61. The summed E-state index contributed by atoms with van der Waals surface area (Å²) in [7, 11) is 0. The van der Waals surface area contributed by atoms with Crippen molar-refractivity contribution in [3.8, 4) is 0 Å². The zero-order chi connectivity index (χ0) is 10.8. The second kappa shape index (κ2) is 8.34. The number of benzene rings is 1. The maximum Gasteiger partial charge on any atom is 0.330 e. The molecule has 4 heteroatoms. The van der Waals surface area contributed by atoms with Crippen LogP contribution in [0.5, 0.6) is 0 Å². The van der Waals surface area contributed by atoms with E-state index in [2.05, 4.69) is 19.5 Å². The number of esters is 1. The van der Waals surface area contributed by atoms with Gasteiger partial charge in [0.15, 0.2) is 0 Å². The van der Waals surface area contributed by atoms with E-state index in [4.69, 9.17) is 9.29 Å². The first-order chi connectivity index (χ1) is 6.83. The highest BCUT2D eigenvalue weighted by atomic mass is 32.1. The lowest BCUT2D eigenvalue weighted by atomic mass is 10.2. The number of carbonyl (C=O) groups excluding carboxylic acids is 1. The van der Waals surface area contributed by atoms with Crippen LogP contribution in [-0.4, -0.2) is 10.5 Å². The van der Waals surface area contributed by atoms with Crippen molar-refractivity contribution >= 4 is 18.9 Å². The van der Waals surface area contributed by atoms with Crippen LogP contribution in [0.2, 0.25) is 0 Å². The summed E-state index contributed by atoms with van der Waals surface area (Å²) in [6, 6.07) is 9.51. The molecule has 1 rings (SSSR count). The molecule has 14 heavy (non-hydrogen) atoms. The Labute approximate surface area is 88.6 Å². The molecular weight excluding hydrogens is 200 g/mol. The van der Waals surface area contributed by atoms with Crippen molar-refractivity contribution in [1.29, 1.82) is 0 Å². The Kier molecular flexibility index (Phi) is 7.59. The van der Waals surface area contributed by atoms with Crippen LogP contribution < -0.4 is 0 Å². The molecule has 76 valence electrons. The van der Waals surface area contributed by atoms with Crippen molar-refractivity contribution in [2.24, 2.45) is 0 Å². The number of hydrogen-bond acceptors (Lipinski definition) is 4. The quantitative estimate of drug-likeness (QED) is 0.350. The molecule has 0 aromatic heterocycles. The molecule has 0 aliphatic heterocycles. The molecule has 0 unspecified atom stereocenters. The second-order valence-electron chi connectivity index (χ2n) is 2.30. The summed E-state index contributed by atoms with van der Waals surface area (Å²) in [6.07, 6.45) is 1.16. The highest BCUT2D eigenvalue weighted by molar-refractivity contribution is 7.74. The van der Waals surface area contributed by atoms with Crippen LogP contribution >= 0.6 is 12.9 Å². The highest BCUT2D eigenvalue weighted by Crippen LogP contribution is 2.00. The van der Waals surface area contributed by atoms with Crippen LogP contribution in [0.25, 0.3) is 0 Å². The van der Waals surface area contributed by atoms with Gasteiger partial charge in [-0.25, -0.2) is 4.79 Å². The van der Waals surface area contributed by atoms with E-state index in [0.29, 0.717) is 6.61 Å². The fraction of sp³-hybridized carbons (Fsp3) is 0.100. The Hall–Kier alpha value is -1.26. The lowest BCUT2D eigenvalue weighted by molar-refractivity contribution is -0.138. The molecule has 0 aliphatic carbocycles. The number of hydrogen-bond donors (Lipinski definition) is 2. The Bertz CT molecular complexity index is 272. The third-order valence-electron chi connectivity index (χ3n) is 1.39. The molecule has 0 heterocycles. The Balaban J connectivity index is 0.000000791. The zero-order valence-corrected chi connectivity index (χ0v) is 8.48. The van der Waals surface area contributed by atoms with E-state index in [1.165, 1.54) is 0 Å². The standard InChI is InChI=1S/C10H10O2.H2OS/c1-2-10(11)12-8-9-6-4-3-5-7-9;1-2/h2-7H,1,8H2;1-2H. The third-order valence-corrected chi connectivity index (χ3v) is 1.39. The van der Waals surface area contributed by atoms with Gasteiger partial charge in [-0.3, -0.25) is 0 Å². The molecule has 0 saturated heterocycles. The average Bonchev–Trinajstić information content (AvgIpc) is 2.30. The van der Waals surface area contributed by atoms with Gasteiger partial charge in [-0.05, 0) is 18.5 Å². The van der Waals surface area contributed by atoms with Gasteiger partial charge in [0.25, 0.3) is 0 Å². The lowest BCUT2D eigenvalue weighted by Gasteiger charge is -2.00. The minimum atomic E-state index is -0.390. The van der Waals surface area contributed by atoms with Crippen molar-refractivity contribution in [3.05, 3.63) is 48.6 Å². The second-order valence-corrected chi connectivity index (χ2v) is 2.30. The predicted molar refractivity (Wildman–Crippen MR) is 58.0 cm³/mol. The van der Waals surface area contributed by atoms with Crippen LogP contribution in [0.3, 0.4) is 0 Å². The molecule has 3 nitrogen and oxygen atoms in total. The van der Waals surface area contributed by atoms with E-state index in [9.17, 15) is 4.79 Å². The number of rotatable bonds is 3. The molecule has 0 atom stereocenters. The van der Waals surface area contributed by atoms with Gasteiger partial charge in [0.05, 0.1) is 0 Å². The average molecular weight is 212 g/mol. The molecule has 1 N–H and O–H groups in total. The molecule has 0 amide bonds. The van der Waals surface area contributed by atoms with Crippen molar-refractivity contribution in [1.82, 2.24) is 0 Å². The van der Waals surface area contributed by atoms with Gasteiger partial charge in [0.2, 0.25) is 0 Å². The van der Waals surface area contributed by atoms with Gasteiger partial charge in [0.1, 0.15) is 6.61 Å². The fourth-order valence-corrected chi connectivity index (χ4v) is 0.788. The number of ether oxygens (including phenoxy) is 1. The smallest absolute Gasteiger partial charge is 0.330 e. The molecule has 0 aliphatic rings. The first kappa shape index (κ1) is 12.7. The van der Waals surface area contributed by atoms with Gasteiger partial charge >= 0.3 is 5.97 Å². The van der Waals surface area contributed by atoms with Crippen LogP contribution in [0.15, 0.2) is 43.0 Å². The maximum atomic E-state index is 10.6. The van der Waals surface area contributed by atoms with Gasteiger partial charge in [0, 0.05) is 6.08 Å². The van der Waals surface area contributed by atoms with Crippen molar-refractivity contribution in [2.45, 2.75) is 6.61 Å². The first-order valence-electron chi connectivity index (χ1n) is 3.86. The van der Waals surface area contributed by atoms with E-state index in [0.717, 1.165) is 11.6 Å². The van der Waals surface area contributed by atoms with Crippen molar-refractivity contribution in [3.63, 3.8) is 0 Å². The molecule has 1 aromatic rings. The summed E-state index contributed by atoms with van der Waals surface area (Å²) in [5, 5.41) is 0. The van der Waals surface area contributed by atoms with Crippen LogP contribution in [-0.2, 0) is 16.1 Å². The molecule has 0 fully saturated rings. The maximum absolute atomic E-state index is 10.6. The Morgan fingerprint density at radius 2 is 2.00 bits per heavy atom. The minimum Gasteiger partial charge on any atom is -0.458 e. The zero-order valence-electron chi connectivity index (χ0n) is 7.59. The SMILES string of the molecule is C=CC(=O)OCc1ccccc1.OS. The molecule has 0 bridgehead atoms. The number of carbonyl (C=O) groups is 1. The van der Waals surface area contributed by atoms with Crippen molar-refractivity contribution < 1.29 is 14.1 Å². The Morgan fingerprint density at radius 1 is 1.43 bits per heavy atom. The van der Waals surface area contributed by atoms with Crippen LogP contribution in [0, 0.1) is 0 Å². The lowest BCUT2D eigenvalue weighted by Crippen LogP contribution is -1.99. The minimum absolute atomic E-state index is 0.311. The third kappa shape index (κ3) is 5.40. The molecule has 0 spiro atoms. The van der Waals surface area contributed by atoms with Gasteiger partial charge < -0.3 is 9.29 Å². The summed E-state index contributed by atoms with van der Waals surface area (Å²) < 4.78 is 11.5. The van der Waals surface area contributed by atoms with E-state index < -0.39 is 0 Å². The fourth-order valence-electron chi connectivity index (χ4n) is 0.788. The number of thiol groups is 1. The largest absolute Gasteiger partial charge is 0.458 e. The summed E-state index contributed by atoms with van der Waals surface area (Å²) in [5.41, 5.74) is 0.979. The van der Waals surface area contributed by atoms with Gasteiger partial charge in [-0.1, -0.05) is 36.9 Å². The summed E-state index contributed by atoms with van der Waals surface area (Å²) in [4.78, 5) is 10.6. The van der Waals surface area contributed by atoms with E-state index in [1.54, 1.807) is 0 Å². The molecule has 0 radical (unpaired) electrons. The first-order valence-corrected chi connectivity index (χ1v) is 4.26. The van der Waals surface area contributed by atoms with E-state index in [-0.39, 0.29) is 5.97 Å².